The Morgan fingerprint density at radius 3 is 2.60 bits per heavy atom. The van der Waals surface area contributed by atoms with Crippen LogP contribution in [0.1, 0.15) is 36.2 Å². The average Bonchev–Trinajstić information content (AvgIpc) is 2.62. The molecule has 2 N–H and O–H groups in total. The predicted octanol–water partition coefficient (Wildman–Crippen LogP) is 4.82. The standard InChI is InChI=1S/C21H23N3O/c1-4-15(3)22-21(25)17-13-20(23-18-11-7-5-9-14(18)2)24-19-12-8-6-10-16(17)19/h5-13,15H,4H2,1-3H3,(H,22,25)(H,23,24). The zero-order chi connectivity index (χ0) is 17.8. The first kappa shape index (κ1) is 17.0. The second-order valence-electron chi connectivity index (χ2n) is 6.29. The molecular formula is C21H23N3O. The van der Waals surface area contributed by atoms with Crippen LogP contribution in [-0.4, -0.2) is 16.9 Å². The van der Waals surface area contributed by atoms with Gasteiger partial charge >= 0.3 is 0 Å². The van der Waals surface area contributed by atoms with Crippen molar-refractivity contribution in [3.8, 4) is 0 Å². The SMILES string of the molecule is CCC(C)NC(=O)c1cc(Nc2ccccc2C)nc2ccccc12. The normalized spacial score (nSPS) is 12.0. The summed E-state index contributed by atoms with van der Waals surface area (Å²) in [5.41, 5.74) is 3.55. The molecule has 4 heteroatoms. The Hall–Kier alpha value is -2.88. The van der Waals surface area contributed by atoms with Crippen molar-refractivity contribution in [2.45, 2.75) is 33.2 Å². The number of hydrogen-bond acceptors (Lipinski definition) is 3. The second kappa shape index (κ2) is 7.34. The number of amides is 1. The van der Waals surface area contributed by atoms with E-state index in [1.807, 2.05) is 68.4 Å². The van der Waals surface area contributed by atoms with E-state index in [0.29, 0.717) is 11.4 Å². The van der Waals surface area contributed by atoms with Gasteiger partial charge in [-0.1, -0.05) is 43.3 Å². The van der Waals surface area contributed by atoms with Gasteiger partial charge in [0, 0.05) is 17.1 Å². The molecule has 0 bridgehead atoms. The molecule has 3 rings (SSSR count). The van der Waals surface area contributed by atoms with Crippen LogP contribution in [0.25, 0.3) is 10.9 Å². The molecule has 3 aromatic rings. The Labute approximate surface area is 148 Å². The number of aryl methyl sites for hydroxylation is 1. The quantitative estimate of drug-likeness (QED) is 0.704. The molecule has 0 saturated heterocycles. The van der Waals surface area contributed by atoms with E-state index in [2.05, 4.69) is 22.5 Å². The maximum atomic E-state index is 12.7. The van der Waals surface area contributed by atoms with Crippen molar-refractivity contribution < 1.29 is 4.79 Å². The van der Waals surface area contributed by atoms with E-state index in [4.69, 9.17) is 0 Å². The molecule has 0 radical (unpaired) electrons. The maximum Gasteiger partial charge on any atom is 0.252 e. The van der Waals surface area contributed by atoms with Gasteiger partial charge in [-0.3, -0.25) is 4.79 Å². The third-order valence-electron chi connectivity index (χ3n) is 4.36. The van der Waals surface area contributed by atoms with Gasteiger partial charge in [-0.15, -0.1) is 0 Å². The molecule has 0 fully saturated rings. The molecule has 4 nitrogen and oxygen atoms in total. The zero-order valence-corrected chi connectivity index (χ0v) is 14.8. The van der Waals surface area contributed by atoms with Crippen LogP contribution in [0.5, 0.6) is 0 Å². The molecule has 25 heavy (non-hydrogen) atoms. The van der Waals surface area contributed by atoms with Crippen LogP contribution in [0.15, 0.2) is 54.6 Å². The summed E-state index contributed by atoms with van der Waals surface area (Å²) in [5.74, 6) is 0.600. The molecule has 1 amide bonds. The molecular weight excluding hydrogens is 310 g/mol. The van der Waals surface area contributed by atoms with Crippen molar-refractivity contribution in [2.24, 2.45) is 0 Å². The first-order chi connectivity index (χ1) is 12.1. The number of rotatable bonds is 5. The summed E-state index contributed by atoms with van der Waals surface area (Å²) in [6.45, 7) is 6.11. The van der Waals surface area contributed by atoms with Crippen LogP contribution in [0, 0.1) is 6.92 Å². The number of benzene rings is 2. The Morgan fingerprint density at radius 1 is 1.12 bits per heavy atom. The first-order valence-electron chi connectivity index (χ1n) is 8.61. The van der Waals surface area contributed by atoms with Crippen LogP contribution < -0.4 is 10.6 Å². The monoisotopic (exact) mass is 333 g/mol. The minimum atomic E-state index is -0.0687. The number of hydrogen-bond donors (Lipinski definition) is 2. The second-order valence-corrected chi connectivity index (χ2v) is 6.29. The number of nitrogens with one attached hydrogen (secondary N) is 2. The van der Waals surface area contributed by atoms with E-state index in [1.54, 1.807) is 0 Å². The van der Waals surface area contributed by atoms with Gasteiger partial charge in [0.25, 0.3) is 5.91 Å². The van der Waals surface area contributed by atoms with Crippen molar-refractivity contribution >= 4 is 28.3 Å². The Kier molecular flexibility index (Phi) is 4.98. The van der Waals surface area contributed by atoms with E-state index in [9.17, 15) is 4.79 Å². The largest absolute Gasteiger partial charge is 0.350 e. The Morgan fingerprint density at radius 2 is 1.84 bits per heavy atom. The van der Waals surface area contributed by atoms with Crippen LogP contribution in [-0.2, 0) is 0 Å². The third-order valence-corrected chi connectivity index (χ3v) is 4.36. The van der Waals surface area contributed by atoms with Gasteiger partial charge in [0.1, 0.15) is 5.82 Å². The number of nitrogens with zero attached hydrogens (tertiary/aromatic N) is 1. The maximum absolute atomic E-state index is 12.7. The van der Waals surface area contributed by atoms with Gasteiger partial charge in [-0.25, -0.2) is 4.98 Å². The highest BCUT2D eigenvalue weighted by molar-refractivity contribution is 6.07. The number of carbonyl (C=O) groups is 1. The van der Waals surface area contributed by atoms with Crippen molar-refractivity contribution in [3.63, 3.8) is 0 Å². The van der Waals surface area contributed by atoms with E-state index in [1.165, 1.54) is 0 Å². The van der Waals surface area contributed by atoms with Gasteiger partial charge in [-0.05, 0) is 44.0 Å². The zero-order valence-electron chi connectivity index (χ0n) is 14.8. The summed E-state index contributed by atoms with van der Waals surface area (Å²) in [4.78, 5) is 17.4. The van der Waals surface area contributed by atoms with Gasteiger partial charge in [0.2, 0.25) is 0 Å². The number of fused-ring (bicyclic) bond motifs is 1. The lowest BCUT2D eigenvalue weighted by Gasteiger charge is -2.15. The molecule has 2 aromatic carbocycles. The molecule has 1 atom stereocenters. The van der Waals surface area contributed by atoms with Crippen LogP contribution >= 0.6 is 0 Å². The van der Waals surface area contributed by atoms with Gasteiger partial charge < -0.3 is 10.6 Å². The summed E-state index contributed by atoms with van der Waals surface area (Å²) >= 11 is 0. The van der Waals surface area contributed by atoms with Gasteiger partial charge in [-0.2, -0.15) is 0 Å². The van der Waals surface area contributed by atoms with Crippen molar-refractivity contribution in [1.82, 2.24) is 10.3 Å². The fourth-order valence-corrected chi connectivity index (χ4v) is 2.68. The predicted molar refractivity (Wildman–Crippen MR) is 103 cm³/mol. The molecule has 128 valence electrons. The van der Waals surface area contributed by atoms with E-state index >= 15 is 0 Å². The molecule has 1 heterocycles. The van der Waals surface area contributed by atoms with Crippen molar-refractivity contribution in [3.05, 3.63) is 65.7 Å². The fourth-order valence-electron chi connectivity index (χ4n) is 2.68. The minimum Gasteiger partial charge on any atom is -0.350 e. The lowest BCUT2D eigenvalue weighted by atomic mass is 10.1. The smallest absolute Gasteiger partial charge is 0.252 e. The first-order valence-corrected chi connectivity index (χ1v) is 8.61. The number of anilines is 2. The van der Waals surface area contributed by atoms with Crippen LogP contribution in [0.2, 0.25) is 0 Å². The third kappa shape index (κ3) is 3.79. The topological polar surface area (TPSA) is 54.0 Å². The van der Waals surface area contributed by atoms with Crippen molar-refractivity contribution in [1.29, 1.82) is 0 Å². The minimum absolute atomic E-state index is 0.0687. The van der Waals surface area contributed by atoms with E-state index in [-0.39, 0.29) is 11.9 Å². The van der Waals surface area contributed by atoms with Crippen LogP contribution in [0.4, 0.5) is 11.5 Å². The summed E-state index contributed by atoms with van der Waals surface area (Å²) in [6, 6.07) is 17.7. The number of carbonyl (C=O) groups excluding carboxylic acids is 1. The number of para-hydroxylation sites is 2. The molecule has 0 spiro atoms. The highest BCUT2D eigenvalue weighted by Gasteiger charge is 2.14. The molecule has 1 aromatic heterocycles. The van der Waals surface area contributed by atoms with E-state index < -0.39 is 0 Å². The average molecular weight is 333 g/mol. The van der Waals surface area contributed by atoms with E-state index in [0.717, 1.165) is 28.6 Å². The highest BCUT2D eigenvalue weighted by atomic mass is 16.1. The fraction of sp³-hybridized carbons (Fsp3) is 0.238. The van der Waals surface area contributed by atoms with Crippen molar-refractivity contribution in [2.75, 3.05) is 5.32 Å². The lowest BCUT2D eigenvalue weighted by Crippen LogP contribution is -2.32. The van der Waals surface area contributed by atoms with Gasteiger partial charge in [0.05, 0.1) is 11.1 Å². The molecule has 1 unspecified atom stereocenters. The highest BCUT2D eigenvalue weighted by Crippen LogP contribution is 2.24. The summed E-state index contributed by atoms with van der Waals surface area (Å²) in [7, 11) is 0. The van der Waals surface area contributed by atoms with Gasteiger partial charge in [0.15, 0.2) is 0 Å². The summed E-state index contributed by atoms with van der Waals surface area (Å²) < 4.78 is 0. The Balaban J connectivity index is 2.03. The molecule has 0 saturated carbocycles. The summed E-state index contributed by atoms with van der Waals surface area (Å²) in [5, 5.41) is 7.24. The number of aromatic nitrogens is 1. The summed E-state index contributed by atoms with van der Waals surface area (Å²) in [6.07, 6.45) is 0.892. The van der Waals surface area contributed by atoms with Crippen LogP contribution in [0.3, 0.4) is 0 Å². The molecule has 0 aliphatic carbocycles. The Bertz CT molecular complexity index is 905. The molecule has 0 aliphatic rings. The number of pyridine rings is 1. The lowest BCUT2D eigenvalue weighted by molar-refractivity contribution is 0.0941. The molecule has 0 aliphatic heterocycles.